The molecule has 0 heterocycles. The summed E-state index contributed by atoms with van der Waals surface area (Å²) in [4.78, 5) is 0. The predicted molar refractivity (Wildman–Crippen MR) is 57.1 cm³/mol. The maximum absolute atomic E-state index is 5.32. The Morgan fingerprint density at radius 3 is 2.77 bits per heavy atom. The van der Waals surface area contributed by atoms with Crippen LogP contribution in [0.2, 0.25) is 0 Å². The van der Waals surface area contributed by atoms with Gasteiger partial charge in [-0.25, -0.2) is 0 Å². The van der Waals surface area contributed by atoms with Crippen molar-refractivity contribution in [3.05, 3.63) is 35.4 Å². The molecule has 0 saturated carbocycles. The Kier molecular flexibility index (Phi) is 3.56. The van der Waals surface area contributed by atoms with Crippen LogP contribution in [-0.2, 0) is 0 Å². The minimum Gasteiger partial charge on any atom is -0.496 e. The Labute approximate surface area is 80.0 Å². The van der Waals surface area contributed by atoms with Crippen LogP contribution in [0.1, 0.15) is 24.5 Å². The van der Waals surface area contributed by atoms with Crippen LogP contribution in [0.15, 0.2) is 24.3 Å². The maximum atomic E-state index is 5.32. The average molecular weight is 176 g/mol. The summed E-state index contributed by atoms with van der Waals surface area (Å²) in [5.41, 5.74) is 2.34. The Morgan fingerprint density at radius 2 is 2.15 bits per heavy atom. The van der Waals surface area contributed by atoms with E-state index in [1.54, 1.807) is 7.11 Å². The molecule has 0 amide bonds. The second-order valence-corrected chi connectivity index (χ2v) is 3.01. The van der Waals surface area contributed by atoms with Crippen molar-refractivity contribution in [3.8, 4) is 5.75 Å². The molecule has 0 radical (unpaired) electrons. The van der Waals surface area contributed by atoms with Crippen molar-refractivity contribution in [2.24, 2.45) is 0 Å². The molecule has 70 valence electrons. The zero-order valence-electron chi connectivity index (χ0n) is 8.50. The van der Waals surface area contributed by atoms with E-state index in [9.17, 15) is 0 Å². The van der Waals surface area contributed by atoms with Crippen molar-refractivity contribution in [2.75, 3.05) is 7.11 Å². The molecule has 0 spiro atoms. The maximum Gasteiger partial charge on any atom is 0.128 e. The van der Waals surface area contributed by atoms with E-state index in [0.29, 0.717) is 0 Å². The Balaban J connectivity index is 3.05. The molecule has 0 aliphatic carbocycles. The average Bonchev–Trinajstić information content (AvgIpc) is 2.15. The third-order valence-corrected chi connectivity index (χ3v) is 1.98. The number of rotatable bonds is 3. The van der Waals surface area contributed by atoms with E-state index in [2.05, 4.69) is 38.1 Å². The molecular formula is C12H16O. The lowest BCUT2D eigenvalue weighted by Gasteiger charge is -2.07. The lowest BCUT2D eigenvalue weighted by atomic mass is 10.1. The molecular weight excluding hydrogens is 160 g/mol. The highest BCUT2D eigenvalue weighted by Gasteiger charge is 2.01. The second kappa shape index (κ2) is 4.70. The highest BCUT2D eigenvalue weighted by molar-refractivity contribution is 5.59. The Morgan fingerprint density at radius 1 is 1.38 bits per heavy atom. The van der Waals surface area contributed by atoms with E-state index in [1.807, 2.05) is 6.07 Å². The van der Waals surface area contributed by atoms with Crippen LogP contribution in [-0.4, -0.2) is 7.11 Å². The third kappa shape index (κ3) is 2.35. The van der Waals surface area contributed by atoms with E-state index in [0.717, 1.165) is 17.7 Å². The Bertz CT molecular complexity index is 300. The molecule has 0 saturated heterocycles. The topological polar surface area (TPSA) is 9.23 Å². The first kappa shape index (κ1) is 9.85. The Hall–Kier alpha value is -1.24. The molecule has 1 aromatic carbocycles. The SMILES string of the molecule is CC/C=C/c1cccc(C)c1OC. The molecule has 1 aromatic rings. The van der Waals surface area contributed by atoms with Crippen LogP contribution >= 0.6 is 0 Å². The molecule has 0 atom stereocenters. The second-order valence-electron chi connectivity index (χ2n) is 3.01. The highest BCUT2D eigenvalue weighted by Crippen LogP contribution is 2.23. The number of allylic oxidation sites excluding steroid dienone is 1. The minimum absolute atomic E-state index is 0.979. The normalized spacial score (nSPS) is 10.7. The number of para-hydroxylation sites is 1. The molecule has 0 aromatic heterocycles. The molecule has 1 heteroatoms. The third-order valence-electron chi connectivity index (χ3n) is 1.98. The number of benzene rings is 1. The molecule has 1 nitrogen and oxygen atoms in total. The predicted octanol–water partition coefficient (Wildman–Crippen LogP) is 3.43. The van der Waals surface area contributed by atoms with Crippen molar-refractivity contribution >= 4 is 6.08 Å². The summed E-state index contributed by atoms with van der Waals surface area (Å²) in [5.74, 6) is 0.979. The van der Waals surface area contributed by atoms with Crippen molar-refractivity contribution in [2.45, 2.75) is 20.3 Å². The fourth-order valence-electron chi connectivity index (χ4n) is 1.33. The molecule has 0 N–H and O–H groups in total. The lowest BCUT2D eigenvalue weighted by Crippen LogP contribution is -1.89. The van der Waals surface area contributed by atoms with Crippen LogP contribution in [0.4, 0.5) is 0 Å². The van der Waals surface area contributed by atoms with Gasteiger partial charge in [0.25, 0.3) is 0 Å². The van der Waals surface area contributed by atoms with Gasteiger partial charge in [-0.2, -0.15) is 0 Å². The van der Waals surface area contributed by atoms with E-state index in [-0.39, 0.29) is 0 Å². The van der Waals surface area contributed by atoms with E-state index < -0.39 is 0 Å². The van der Waals surface area contributed by atoms with Gasteiger partial charge in [-0.1, -0.05) is 37.3 Å². The van der Waals surface area contributed by atoms with Crippen molar-refractivity contribution in [3.63, 3.8) is 0 Å². The van der Waals surface area contributed by atoms with Gasteiger partial charge in [0.2, 0.25) is 0 Å². The van der Waals surface area contributed by atoms with Crippen LogP contribution in [0.25, 0.3) is 6.08 Å². The lowest BCUT2D eigenvalue weighted by molar-refractivity contribution is 0.410. The van der Waals surface area contributed by atoms with Gasteiger partial charge in [0.05, 0.1) is 7.11 Å². The van der Waals surface area contributed by atoms with Gasteiger partial charge in [-0.15, -0.1) is 0 Å². The van der Waals surface area contributed by atoms with E-state index >= 15 is 0 Å². The first-order valence-electron chi connectivity index (χ1n) is 4.59. The van der Waals surface area contributed by atoms with Crippen LogP contribution in [0, 0.1) is 6.92 Å². The van der Waals surface area contributed by atoms with Gasteiger partial charge >= 0.3 is 0 Å². The standard InChI is InChI=1S/C12H16O/c1-4-5-8-11-9-6-7-10(2)12(11)13-3/h5-9H,4H2,1-3H3/b8-5+. The highest BCUT2D eigenvalue weighted by atomic mass is 16.5. The van der Waals surface area contributed by atoms with Gasteiger partial charge in [-0.3, -0.25) is 0 Å². The van der Waals surface area contributed by atoms with Crippen LogP contribution in [0.3, 0.4) is 0 Å². The summed E-state index contributed by atoms with van der Waals surface area (Å²) in [6, 6.07) is 6.17. The molecule has 13 heavy (non-hydrogen) atoms. The summed E-state index contributed by atoms with van der Waals surface area (Å²) in [7, 11) is 1.71. The zero-order chi connectivity index (χ0) is 9.68. The quantitative estimate of drug-likeness (QED) is 0.685. The van der Waals surface area contributed by atoms with Crippen LogP contribution in [0.5, 0.6) is 5.75 Å². The molecule has 0 fully saturated rings. The van der Waals surface area contributed by atoms with Gasteiger partial charge in [0, 0.05) is 5.56 Å². The van der Waals surface area contributed by atoms with E-state index in [1.165, 1.54) is 5.56 Å². The molecule has 0 unspecified atom stereocenters. The van der Waals surface area contributed by atoms with Gasteiger partial charge < -0.3 is 4.74 Å². The van der Waals surface area contributed by atoms with E-state index in [4.69, 9.17) is 4.74 Å². The van der Waals surface area contributed by atoms with Gasteiger partial charge in [0.15, 0.2) is 0 Å². The summed E-state index contributed by atoms with van der Waals surface area (Å²) < 4.78 is 5.32. The molecule has 0 aliphatic heterocycles. The number of methoxy groups -OCH3 is 1. The number of aryl methyl sites for hydroxylation is 1. The van der Waals surface area contributed by atoms with Crippen molar-refractivity contribution in [1.82, 2.24) is 0 Å². The summed E-state index contributed by atoms with van der Waals surface area (Å²) in [6.45, 7) is 4.18. The first-order chi connectivity index (χ1) is 6.29. The molecule has 0 bridgehead atoms. The smallest absolute Gasteiger partial charge is 0.128 e. The van der Waals surface area contributed by atoms with Crippen molar-refractivity contribution in [1.29, 1.82) is 0 Å². The first-order valence-corrected chi connectivity index (χ1v) is 4.59. The number of hydrogen-bond donors (Lipinski definition) is 0. The van der Waals surface area contributed by atoms with Crippen LogP contribution < -0.4 is 4.74 Å². The monoisotopic (exact) mass is 176 g/mol. The largest absolute Gasteiger partial charge is 0.496 e. The van der Waals surface area contributed by atoms with Crippen molar-refractivity contribution < 1.29 is 4.74 Å². The molecule has 1 rings (SSSR count). The summed E-state index contributed by atoms with van der Waals surface area (Å²) in [5, 5.41) is 0. The fraction of sp³-hybridized carbons (Fsp3) is 0.333. The fourth-order valence-corrected chi connectivity index (χ4v) is 1.33. The molecule has 0 aliphatic rings. The summed E-state index contributed by atoms with van der Waals surface area (Å²) in [6.07, 6.45) is 5.29. The number of ether oxygens (including phenoxy) is 1. The zero-order valence-corrected chi connectivity index (χ0v) is 8.50. The minimum atomic E-state index is 0.979. The number of hydrogen-bond acceptors (Lipinski definition) is 1. The van der Waals surface area contributed by atoms with Gasteiger partial charge in [-0.05, 0) is 18.9 Å². The van der Waals surface area contributed by atoms with Gasteiger partial charge in [0.1, 0.15) is 5.75 Å². The summed E-state index contributed by atoms with van der Waals surface area (Å²) >= 11 is 0.